The first kappa shape index (κ1) is 12.2. The second-order valence-corrected chi connectivity index (χ2v) is 6.76. The lowest BCUT2D eigenvalue weighted by molar-refractivity contribution is -0.0283. The van der Waals surface area contributed by atoms with Crippen molar-refractivity contribution in [1.29, 1.82) is 0 Å². The van der Waals surface area contributed by atoms with Crippen LogP contribution < -0.4 is 0 Å². The van der Waals surface area contributed by atoms with Crippen LogP contribution in [0.2, 0.25) is 0 Å². The average Bonchev–Trinajstić information content (AvgIpc) is 2.33. The maximum absolute atomic E-state index is 6.19. The van der Waals surface area contributed by atoms with Gasteiger partial charge in [-0.15, -0.1) is 0 Å². The Bertz CT molecular complexity index is 313. The Hall–Kier alpha value is -0.300. The van der Waals surface area contributed by atoms with E-state index in [-0.39, 0.29) is 5.60 Å². The fraction of sp³-hybridized carbons (Fsp3) is 0.867. The van der Waals surface area contributed by atoms with Crippen LogP contribution in [0.15, 0.2) is 11.6 Å². The zero-order valence-corrected chi connectivity index (χ0v) is 11.6. The third kappa shape index (κ3) is 1.64. The van der Waals surface area contributed by atoms with Crippen molar-refractivity contribution in [3.8, 4) is 0 Å². The Morgan fingerprint density at radius 1 is 1.31 bits per heavy atom. The molecule has 1 aliphatic heterocycles. The molecular weight excluding hydrogens is 196 g/mol. The van der Waals surface area contributed by atoms with Gasteiger partial charge in [-0.3, -0.25) is 0 Å². The van der Waals surface area contributed by atoms with Crippen molar-refractivity contribution in [3.05, 3.63) is 11.6 Å². The van der Waals surface area contributed by atoms with E-state index in [2.05, 4.69) is 47.6 Å². The maximum Gasteiger partial charge on any atom is 0.0667 e. The zero-order chi connectivity index (χ0) is 12.1. The molecule has 0 saturated carbocycles. The zero-order valence-electron chi connectivity index (χ0n) is 11.6. The molecular formula is C15H26O. The van der Waals surface area contributed by atoms with Gasteiger partial charge < -0.3 is 4.74 Å². The van der Waals surface area contributed by atoms with Crippen LogP contribution in [-0.4, -0.2) is 11.7 Å². The Balaban J connectivity index is 2.32. The van der Waals surface area contributed by atoms with Gasteiger partial charge in [0.05, 0.1) is 11.7 Å². The van der Waals surface area contributed by atoms with E-state index in [1.165, 1.54) is 12.8 Å². The molecule has 3 unspecified atom stereocenters. The molecule has 1 heteroatoms. The Morgan fingerprint density at radius 2 is 1.94 bits per heavy atom. The van der Waals surface area contributed by atoms with Gasteiger partial charge in [0.1, 0.15) is 0 Å². The second-order valence-electron chi connectivity index (χ2n) is 6.76. The highest BCUT2D eigenvalue weighted by molar-refractivity contribution is 5.19. The van der Waals surface area contributed by atoms with E-state index in [0.717, 1.165) is 0 Å². The summed E-state index contributed by atoms with van der Waals surface area (Å²) >= 11 is 0. The van der Waals surface area contributed by atoms with E-state index in [0.29, 0.717) is 23.4 Å². The summed E-state index contributed by atoms with van der Waals surface area (Å²) in [5.41, 5.74) is 2.03. The van der Waals surface area contributed by atoms with Gasteiger partial charge >= 0.3 is 0 Å². The number of hydrogen-bond donors (Lipinski definition) is 0. The molecule has 1 saturated heterocycles. The molecule has 2 aliphatic rings. The van der Waals surface area contributed by atoms with Crippen molar-refractivity contribution in [3.63, 3.8) is 0 Å². The van der Waals surface area contributed by atoms with Crippen molar-refractivity contribution in [2.75, 3.05) is 0 Å². The first-order valence-corrected chi connectivity index (χ1v) is 6.64. The molecule has 1 fully saturated rings. The number of rotatable bonds is 1. The Morgan fingerprint density at radius 3 is 2.50 bits per heavy atom. The molecule has 3 atom stereocenters. The lowest BCUT2D eigenvalue weighted by atomic mass is 9.62. The van der Waals surface area contributed by atoms with Crippen LogP contribution in [0.4, 0.5) is 0 Å². The van der Waals surface area contributed by atoms with E-state index < -0.39 is 0 Å². The highest BCUT2D eigenvalue weighted by Gasteiger charge is 2.55. The quantitative estimate of drug-likeness (QED) is 0.605. The highest BCUT2D eigenvalue weighted by atomic mass is 16.5. The van der Waals surface area contributed by atoms with Gasteiger partial charge in [0.15, 0.2) is 0 Å². The van der Waals surface area contributed by atoms with Crippen molar-refractivity contribution >= 4 is 0 Å². The van der Waals surface area contributed by atoms with Crippen LogP contribution in [0.3, 0.4) is 0 Å². The largest absolute Gasteiger partial charge is 0.372 e. The molecule has 92 valence electrons. The van der Waals surface area contributed by atoms with Gasteiger partial charge in [-0.25, -0.2) is 0 Å². The molecule has 0 bridgehead atoms. The fourth-order valence-corrected chi connectivity index (χ4v) is 3.68. The van der Waals surface area contributed by atoms with Crippen LogP contribution >= 0.6 is 0 Å². The molecule has 0 aromatic rings. The van der Waals surface area contributed by atoms with Gasteiger partial charge in [0.25, 0.3) is 0 Å². The topological polar surface area (TPSA) is 9.23 Å². The molecule has 0 aromatic heterocycles. The molecule has 0 amide bonds. The Labute approximate surface area is 100 Å². The van der Waals surface area contributed by atoms with Crippen LogP contribution in [0.1, 0.15) is 54.4 Å². The highest BCUT2D eigenvalue weighted by Crippen LogP contribution is 2.56. The van der Waals surface area contributed by atoms with Crippen LogP contribution in [0.25, 0.3) is 0 Å². The first-order chi connectivity index (χ1) is 7.27. The summed E-state index contributed by atoms with van der Waals surface area (Å²) in [6, 6.07) is 0. The number of fused-ring (bicyclic) bond motifs is 1. The third-order valence-corrected chi connectivity index (χ3v) is 5.03. The molecule has 16 heavy (non-hydrogen) atoms. The maximum atomic E-state index is 6.19. The summed E-state index contributed by atoms with van der Waals surface area (Å²) in [7, 11) is 0. The van der Waals surface area contributed by atoms with Crippen molar-refractivity contribution in [2.24, 2.45) is 17.3 Å². The molecule has 0 N–H and O–H groups in total. The average molecular weight is 222 g/mol. The molecule has 1 heterocycles. The summed E-state index contributed by atoms with van der Waals surface area (Å²) in [4.78, 5) is 0. The van der Waals surface area contributed by atoms with Gasteiger partial charge in [-0.1, -0.05) is 32.4 Å². The predicted molar refractivity (Wildman–Crippen MR) is 68.4 cm³/mol. The number of hydrogen-bond acceptors (Lipinski definition) is 1. The van der Waals surface area contributed by atoms with E-state index in [1.807, 2.05) is 0 Å². The summed E-state index contributed by atoms with van der Waals surface area (Å²) in [6.07, 6.45) is 5.28. The lowest BCUT2D eigenvalue weighted by Gasteiger charge is -2.40. The van der Waals surface area contributed by atoms with Gasteiger partial charge in [0, 0.05) is 5.41 Å². The summed E-state index contributed by atoms with van der Waals surface area (Å²) < 4.78 is 6.19. The lowest BCUT2D eigenvalue weighted by Crippen LogP contribution is -2.39. The summed E-state index contributed by atoms with van der Waals surface area (Å²) in [5, 5.41) is 0. The van der Waals surface area contributed by atoms with Crippen molar-refractivity contribution < 1.29 is 4.74 Å². The van der Waals surface area contributed by atoms with E-state index >= 15 is 0 Å². The molecule has 0 aromatic carbocycles. The number of ether oxygens (including phenoxy) is 1. The molecule has 0 spiro atoms. The minimum Gasteiger partial charge on any atom is -0.372 e. The normalized spacial score (nSPS) is 42.1. The smallest absolute Gasteiger partial charge is 0.0667 e. The summed E-state index contributed by atoms with van der Waals surface area (Å²) in [6.45, 7) is 13.8. The van der Waals surface area contributed by atoms with Crippen molar-refractivity contribution in [2.45, 2.75) is 66.1 Å². The van der Waals surface area contributed by atoms with Crippen LogP contribution in [-0.2, 0) is 4.74 Å². The van der Waals surface area contributed by atoms with E-state index in [4.69, 9.17) is 4.74 Å². The Kier molecular flexibility index (Phi) is 2.73. The van der Waals surface area contributed by atoms with Crippen LogP contribution in [0.5, 0.6) is 0 Å². The summed E-state index contributed by atoms with van der Waals surface area (Å²) in [5.74, 6) is 1.37. The monoisotopic (exact) mass is 222 g/mol. The van der Waals surface area contributed by atoms with Gasteiger partial charge in [0.2, 0.25) is 0 Å². The van der Waals surface area contributed by atoms with Gasteiger partial charge in [-0.05, 0) is 45.4 Å². The molecule has 0 radical (unpaired) electrons. The third-order valence-electron chi connectivity index (χ3n) is 5.03. The first-order valence-electron chi connectivity index (χ1n) is 6.64. The fourth-order valence-electron chi connectivity index (χ4n) is 3.68. The number of allylic oxidation sites excluding steroid dienone is 2. The van der Waals surface area contributed by atoms with Crippen molar-refractivity contribution in [1.82, 2.24) is 0 Å². The molecule has 1 nitrogen and oxygen atoms in total. The van der Waals surface area contributed by atoms with Crippen LogP contribution in [0, 0.1) is 17.3 Å². The van der Waals surface area contributed by atoms with E-state index in [1.54, 1.807) is 5.57 Å². The molecule has 1 aliphatic carbocycles. The SMILES string of the molecule is CC(C)C1=CCC2(C)C(C)OC(C)(C)C2C1. The standard InChI is InChI=1S/C15H26O/c1-10(2)12-7-8-15(6)11(3)16-14(4,5)13(15)9-12/h7,10-11,13H,8-9H2,1-6H3. The second kappa shape index (κ2) is 3.60. The minimum atomic E-state index is 0.0442. The minimum absolute atomic E-state index is 0.0442. The molecule has 2 rings (SSSR count). The predicted octanol–water partition coefficient (Wildman–Crippen LogP) is 4.18. The van der Waals surface area contributed by atoms with E-state index in [9.17, 15) is 0 Å². The van der Waals surface area contributed by atoms with Gasteiger partial charge in [-0.2, -0.15) is 0 Å².